The molecule has 0 aliphatic heterocycles. The van der Waals surface area contributed by atoms with Crippen molar-refractivity contribution in [1.82, 2.24) is 0 Å². The highest BCUT2D eigenvalue weighted by molar-refractivity contribution is 7.99. The highest BCUT2D eigenvalue weighted by Gasteiger charge is 2.50. The van der Waals surface area contributed by atoms with Crippen molar-refractivity contribution in [2.45, 2.75) is 82.6 Å². The number of hydrogen-bond acceptors (Lipinski definition) is 2. The van der Waals surface area contributed by atoms with Crippen molar-refractivity contribution in [1.29, 1.82) is 0 Å². The van der Waals surface area contributed by atoms with Crippen LogP contribution in [0.3, 0.4) is 0 Å². The molecule has 180 valence electrons. The minimum absolute atomic E-state index is 0.224. The van der Waals surface area contributed by atoms with E-state index in [1.54, 1.807) is 5.57 Å². The van der Waals surface area contributed by atoms with Gasteiger partial charge in [-0.1, -0.05) is 61.9 Å². The van der Waals surface area contributed by atoms with Crippen molar-refractivity contribution in [2.75, 3.05) is 0 Å². The second kappa shape index (κ2) is 9.93. The van der Waals surface area contributed by atoms with E-state index in [2.05, 4.69) is 32.6 Å². The number of benzene rings is 1. The Morgan fingerprint density at radius 1 is 1.21 bits per heavy atom. The molecule has 0 aromatic heterocycles. The number of hydrogen-bond donors (Lipinski definition) is 2. The number of aliphatic hydroxyl groups excluding tert-OH is 1. The van der Waals surface area contributed by atoms with Crippen LogP contribution in [0.15, 0.2) is 70.7 Å². The Bertz CT molecular complexity index is 1050. The number of fused-ring (bicyclic) bond motifs is 1. The smallest absolute Gasteiger partial charge is 0.0583 e. The first-order valence-corrected chi connectivity index (χ1v) is 14.4. The van der Waals surface area contributed by atoms with E-state index in [0.717, 1.165) is 30.6 Å². The zero-order valence-electron chi connectivity index (χ0n) is 20.3. The summed E-state index contributed by atoms with van der Waals surface area (Å²) in [5.41, 5.74) is 4.29. The van der Waals surface area contributed by atoms with E-state index < -0.39 is 9.71 Å². The molecule has 3 aliphatic rings. The third-order valence-corrected chi connectivity index (χ3v) is 10.4. The van der Waals surface area contributed by atoms with Gasteiger partial charge in [-0.2, -0.15) is 0 Å². The van der Waals surface area contributed by atoms with Crippen molar-refractivity contribution in [3.8, 4) is 0 Å². The molecule has 33 heavy (non-hydrogen) atoms. The van der Waals surface area contributed by atoms with Crippen LogP contribution < -0.4 is 5.14 Å². The van der Waals surface area contributed by atoms with Crippen molar-refractivity contribution >= 4 is 15.1 Å². The Hall–Kier alpha value is -1.62. The molecule has 1 aromatic carbocycles. The summed E-state index contributed by atoms with van der Waals surface area (Å²) >= 11 is 0. The van der Waals surface area contributed by atoms with Crippen molar-refractivity contribution in [3.05, 3.63) is 65.8 Å². The summed E-state index contributed by atoms with van der Waals surface area (Å²) in [7, 11) is -2.60. The summed E-state index contributed by atoms with van der Waals surface area (Å²) in [6.07, 6.45) is 13.8. The molecule has 3 N–H and O–H groups in total. The fraction of sp³-hybridized carbons (Fsp3) is 0.552. The van der Waals surface area contributed by atoms with Gasteiger partial charge in [0.05, 0.1) is 15.8 Å². The molecule has 6 atom stereocenters. The van der Waals surface area contributed by atoms with E-state index in [0.29, 0.717) is 23.2 Å². The lowest BCUT2D eigenvalue weighted by Crippen LogP contribution is -2.36. The molecule has 3 fully saturated rings. The van der Waals surface area contributed by atoms with Gasteiger partial charge in [0.25, 0.3) is 0 Å². The highest BCUT2D eigenvalue weighted by Crippen LogP contribution is 2.59. The normalized spacial score (nSPS) is 35.3. The van der Waals surface area contributed by atoms with Gasteiger partial charge in [-0.05, 0) is 104 Å². The van der Waals surface area contributed by atoms with Crippen molar-refractivity contribution < 1.29 is 9.32 Å². The van der Waals surface area contributed by atoms with Crippen molar-refractivity contribution in [2.24, 2.45) is 28.3 Å². The first-order chi connectivity index (χ1) is 15.7. The zero-order valence-corrected chi connectivity index (χ0v) is 21.2. The molecule has 3 nitrogen and oxygen atoms in total. The molecule has 1 aromatic rings. The third-order valence-electron chi connectivity index (χ3n) is 8.74. The van der Waals surface area contributed by atoms with Crippen LogP contribution >= 0.6 is 0 Å². The lowest BCUT2D eigenvalue weighted by molar-refractivity contribution is 0.100. The molecule has 0 radical (unpaired) electrons. The SMILES string of the molecule is C=C1CC[C@H](O)CC1=CC=C1CCC[C@]2(C)[C@@H]([C@H](C)CC=S(N)(=O)c3ccccc3)CC[C@@H]12. The topological polar surface area (TPSA) is 63.3 Å². The van der Waals surface area contributed by atoms with E-state index in [1.807, 2.05) is 35.7 Å². The average Bonchev–Trinajstić information content (AvgIpc) is 3.16. The Labute approximate surface area is 201 Å². The van der Waals surface area contributed by atoms with Gasteiger partial charge in [-0.25, -0.2) is 4.21 Å². The van der Waals surface area contributed by atoms with Crippen LogP contribution in [0.4, 0.5) is 0 Å². The monoisotopic (exact) mass is 467 g/mol. The largest absolute Gasteiger partial charge is 0.393 e. The summed E-state index contributed by atoms with van der Waals surface area (Å²) in [6, 6.07) is 9.45. The van der Waals surface area contributed by atoms with E-state index >= 15 is 0 Å². The van der Waals surface area contributed by atoms with E-state index in [1.165, 1.54) is 43.3 Å². The summed E-state index contributed by atoms with van der Waals surface area (Å²) in [5, 5.41) is 18.2. The summed E-state index contributed by atoms with van der Waals surface area (Å²) < 4.78 is 13.1. The van der Waals surface area contributed by atoms with Crippen LogP contribution in [0, 0.1) is 23.2 Å². The average molecular weight is 468 g/mol. The van der Waals surface area contributed by atoms with Crippen LogP contribution in [0.25, 0.3) is 0 Å². The molecule has 4 rings (SSSR count). The van der Waals surface area contributed by atoms with Crippen LogP contribution in [-0.4, -0.2) is 20.8 Å². The molecule has 0 saturated heterocycles. The van der Waals surface area contributed by atoms with Gasteiger partial charge < -0.3 is 5.11 Å². The standard InChI is InChI=1S/C29H41NO2S/c1-21-11-14-25(31)20-24(21)13-12-23-8-7-18-29(3)27(15-16-28(23)29)22(2)17-19-33(30,32)26-9-5-4-6-10-26/h4-6,9-10,12-13,19,22,25,27-28,31H,1,7-8,11,14-18,20H2,2-3H3,(H2,30,32)/t22-,25+,27-,28+,29-,33?/m1/s1. The van der Waals surface area contributed by atoms with Gasteiger partial charge in [0.2, 0.25) is 0 Å². The summed E-state index contributed by atoms with van der Waals surface area (Å²) in [4.78, 5) is 0.720. The van der Waals surface area contributed by atoms with Gasteiger partial charge >= 0.3 is 0 Å². The maximum atomic E-state index is 13.1. The predicted octanol–water partition coefficient (Wildman–Crippen LogP) is 6.20. The molecular weight excluding hydrogens is 426 g/mol. The zero-order chi connectivity index (χ0) is 23.6. The minimum Gasteiger partial charge on any atom is -0.393 e. The lowest BCUT2D eigenvalue weighted by Gasteiger charge is -2.44. The van der Waals surface area contributed by atoms with Crippen LogP contribution in [-0.2, 0) is 9.71 Å². The fourth-order valence-electron chi connectivity index (χ4n) is 6.80. The van der Waals surface area contributed by atoms with Crippen LogP contribution in [0.5, 0.6) is 0 Å². The molecule has 0 bridgehead atoms. The number of nitrogens with two attached hydrogens (primary N) is 1. The maximum Gasteiger partial charge on any atom is 0.0583 e. The Kier molecular flexibility index (Phi) is 7.38. The van der Waals surface area contributed by atoms with Gasteiger partial charge in [0.15, 0.2) is 0 Å². The lowest BCUT2D eigenvalue weighted by atomic mass is 9.61. The Morgan fingerprint density at radius 3 is 2.73 bits per heavy atom. The van der Waals surface area contributed by atoms with Gasteiger partial charge in [0.1, 0.15) is 0 Å². The van der Waals surface area contributed by atoms with Gasteiger partial charge in [0, 0.05) is 4.90 Å². The number of rotatable bonds is 5. The third kappa shape index (κ3) is 5.23. The summed E-state index contributed by atoms with van der Waals surface area (Å²) in [5.74, 6) is 1.69. The molecular formula is C29H41NO2S. The van der Waals surface area contributed by atoms with Gasteiger partial charge in [-0.3, -0.25) is 5.14 Å². The van der Waals surface area contributed by atoms with E-state index in [-0.39, 0.29) is 6.10 Å². The molecule has 3 aliphatic carbocycles. The molecule has 4 heteroatoms. The number of allylic oxidation sites excluding steroid dienone is 4. The molecule has 0 amide bonds. The second-order valence-corrected chi connectivity index (χ2v) is 13.0. The first-order valence-electron chi connectivity index (χ1n) is 12.7. The molecule has 0 spiro atoms. The van der Waals surface area contributed by atoms with Crippen LogP contribution in [0.1, 0.15) is 71.6 Å². The second-order valence-electron chi connectivity index (χ2n) is 10.9. The molecule has 1 unspecified atom stereocenters. The maximum absolute atomic E-state index is 13.1. The molecule has 0 heterocycles. The van der Waals surface area contributed by atoms with E-state index in [4.69, 9.17) is 5.14 Å². The first kappa shape index (κ1) is 24.5. The Balaban J connectivity index is 1.50. The fourth-order valence-corrected chi connectivity index (χ4v) is 8.16. The Morgan fingerprint density at radius 2 is 1.97 bits per heavy atom. The molecule has 3 saturated carbocycles. The highest BCUT2D eigenvalue weighted by atomic mass is 32.2. The van der Waals surface area contributed by atoms with Crippen LogP contribution in [0.2, 0.25) is 0 Å². The van der Waals surface area contributed by atoms with Gasteiger partial charge in [-0.15, -0.1) is 0 Å². The van der Waals surface area contributed by atoms with E-state index in [9.17, 15) is 9.32 Å². The van der Waals surface area contributed by atoms with Crippen molar-refractivity contribution in [3.63, 3.8) is 0 Å². The predicted molar refractivity (Wildman–Crippen MR) is 140 cm³/mol. The minimum atomic E-state index is -2.60. The quantitative estimate of drug-likeness (QED) is 0.506. The summed E-state index contributed by atoms with van der Waals surface area (Å²) in [6.45, 7) is 9.04. The number of aliphatic hydroxyl groups is 1.